The molecule has 0 saturated heterocycles. The van der Waals surface area contributed by atoms with E-state index in [1.54, 1.807) is 12.1 Å². The predicted octanol–water partition coefficient (Wildman–Crippen LogP) is 4.14. The van der Waals surface area contributed by atoms with E-state index in [0.717, 1.165) is 22.9 Å². The smallest absolute Gasteiger partial charge is 0.311 e. The second kappa shape index (κ2) is 6.68. The van der Waals surface area contributed by atoms with Gasteiger partial charge in [-0.25, -0.2) is 0 Å². The van der Waals surface area contributed by atoms with Crippen molar-refractivity contribution in [2.24, 2.45) is 0 Å². The number of nitro benzene ring substituents is 1. The van der Waals surface area contributed by atoms with Crippen LogP contribution in [0.15, 0.2) is 40.9 Å². The standard InChI is InChI=1S/C17H17BrN2O3/c1-23-17-8-5-11(9-16(17)20(21)22)10-19-15-7-6-12-13(15)3-2-4-14(12)18/h2-5,8-9,15,19H,6-7,10H2,1H3. The Morgan fingerprint density at radius 1 is 1.39 bits per heavy atom. The Kier molecular flexibility index (Phi) is 4.63. The number of nitro groups is 1. The fraction of sp³-hybridized carbons (Fsp3) is 0.294. The number of nitrogens with zero attached hydrogens (tertiary/aromatic N) is 1. The van der Waals surface area contributed by atoms with E-state index in [9.17, 15) is 10.1 Å². The van der Waals surface area contributed by atoms with Gasteiger partial charge < -0.3 is 10.1 Å². The van der Waals surface area contributed by atoms with Gasteiger partial charge in [0, 0.05) is 23.1 Å². The third kappa shape index (κ3) is 3.23. The first-order chi connectivity index (χ1) is 11.1. The zero-order valence-electron chi connectivity index (χ0n) is 12.7. The highest BCUT2D eigenvalue weighted by atomic mass is 79.9. The van der Waals surface area contributed by atoms with E-state index >= 15 is 0 Å². The van der Waals surface area contributed by atoms with Gasteiger partial charge in [-0.3, -0.25) is 10.1 Å². The molecule has 120 valence electrons. The fourth-order valence-corrected chi connectivity index (χ4v) is 3.63. The lowest BCUT2D eigenvalue weighted by molar-refractivity contribution is -0.385. The molecule has 2 aromatic carbocycles. The van der Waals surface area contributed by atoms with Crippen molar-refractivity contribution < 1.29 is 9.66 Å². The molecule has 1 aliphatic carbocycles. The molecule has 3 rings (SSSR count). The lowest BCUT2D eigenvalue weighted by Gasteiger charge is -2.14. The van der Waals surface area contributed by atoms with E-state index < -0.39 is 4.92 Å². The van der Waals surface area contributed by atoms with E-state index in [1.165, 1.54) is 18.2 Å². The van der Waals surface area contributed by atoms with Gasteiger partial charge in [0.15, 0.2) is 5.75 Å². The molecular weight excluding hydrogens is 360 g/mol. The number of fused-ring (bicyclic) bond motifs is 1. The van der Waals surface area contributed by atoms with Crippen LogP contribution in [0.2, 0.25) is 0 Å². The maximum atomic E-state index is 11.1. The highest BCUT2D eigenvalue weighted by Crippen LogP contribution is 2.36. The van der Waals surface area contributed by atoms with Crippen LogP contribution in [0.25, 0.3) is 0 Å². The largest absolute Gasteiger partial charge is 0.490 e. The first kappa shape index (κ1) is 16.0. The molecule has 1 N–H and O–H groups in total. The molecule has 0 amide bonds. The van der Waals surface area contributed by atoms with Gasteiger partial charge in [-0.05, 0) is 41.7 Å². The summed E-state index contributed by atoms with van der Waals surface area (Å²) < 4.78 is 6.18. The van der Waals surface area contributed by atoms with Crippen LogP contribution in [-0.4, -0.2) is 12.0 Å². The number of hydrogen-bond acceptors (Lipinski definition) is 4. The molecule has 0 fully saturated rings. The molecule has 0 spiro atoms. The van der Waals surface area contributed by atoms with Crippen molar-refractivity contribution in [3.8, 4) is 5.75 Å². The third-order valence-corrected chi connectivity index (χ3v) is 4.95. The summed E-state index contributed by atoms with van der Waals surface area (Å²) >= 11 is 3.60. The van der Waals surface area contributed by atoms with E-state index in [2.05, 4.69) is 33.4 Å². The van der Waals surface area contributed by atoms with Gasteiger partial charge >= 0.3 is 5.69 Å². The van der Waals surface area contributed by atoms with Crippen molar-refractivity contribution in [1.29, 1.82) is 0 Å². The normalized spacial score (nSPS) is 16.2. The van der Waals surface area contributed by atoms with Crippen LogP contribution in [0.3, 0.4) is 0 Å². The molecule has 0 bridgehead atoms. The van der Waals surface area contributed by atoms with Crippen molar-refractivity contribution >= 4 is 21.6 Å². The molecule has 1 atom stereocenters. The lowest BCUT2D eigenvalue weighted by Crippen LogP contribution is -2.18. The minimum absolute atomic E-state index is 0.00127. The monoisotopic (exact) mass is 376 g/mol. The van der Waals surface area contributed by atoms with E-state index in [0.29, 0.717) is 6.54 Å². The number of nitrogens with one attached hydrogen (secondary N) is 1. The summed E-state index contributed by atoms with van der Waals surface area (Å²) in [7, 11) is 1.44. The minimum atomic E-state index is -0.412. The molecule has 0 saturated carbocycles. The van der Waals surface area contributed by atoms with Gasteiger partial charge in [0.1, 0.15) is 0 Å². The van der Waals surface area contributed by atoms with Crippen LogP contribution < -0.4 is 10.1 Å². The Balaban J connectivity index is 1.74. The van der Waals surface area contributed by atoms with Crippen molar-refractivity contribution in [1.82, 2.24) is 5.32 Å². The first-order valence-electron chi connectivity index (χ1n) is 7.42. The summed E-state index contributed by atoms with van der Waals surface area (Å²) in [6.07, 6.45) is 2.08. The van der Waals surface area contributed by atoms with Gasteiger partial charge in [-0.15, -0.1) is 0 Å². The highest BCUT2D eigenvalue weighted by Gasteiger charge is 2.23. The van der Waals surface area contributed by atoms with Crippen molar-refractivity contribution in [3.63, 3.8) is 0 Å². The SMILES string of the molecule is COc1ccc(CNC2CCc3c(Br)cccc32)cc1[N+](=O)[O-]. The molecule has 5 nitrogen and oxygen atoms in total. The fourth-order valence-electron chi connectivity index (χ4n) is 3.05. The van der Waals surface area contributed by atoms with Gasteiger partial charge in [0.2, 0.25) is 0 Å². The molecule has 0 aliphatic heterocycles. The summed E-state index contributed by atoms with van der Waals surface area (Å²) in [4.78, 5) is 10.7. The number of hydrogen-bond donors (Lipinski definition) is 1. The van der Waals surface area contributed by atoms with Gasteiger partial charge in [-0.1, -0.05) is 34.1 Å². The molecule has 1 aliphatic rings. The van der Waals surface area contributed by atoms with Crippen LogP contribution in [0, 0.1) is 10.1 Å². The molecular formula is C17H17BrN2O3. The van der Waals surface area contributed by atoms with Gasteiger partial charge in [0.25, 0.3) is 0 Å². The van der Waals surface area contributed by atoms with E-state index in [1.807, 2.05) is 12.1 Å². The van der Waals surface area contributed by atoms with Gasteiger partial charge in [-0.2, -0.15) is 0 Å². The Bertz CT molecular complexity index is 749. The highest BCUT2D eigenvalue weighted by molar-refractivity contribution is 9.10. The molecule has 2 aromatic rings. The van der Waals surface area contributed by atoms with E-state index in [4.69, 9.17) is 4.74 Å². The van der Waals surface area contributed by atoms with Crippen molar-refractivity contribution in [2.45, 2.75) is 25.4 Å². The quantitative estimate of drug-likeness (QED) is 0.628. The van der Waals surface area contributed by atoms with Crippen LogP contribution in [0.4, 0.5) is 5.69 Å². The molecule has 23 heavy (non-hydrogen) atoms. The summed E-state index contributed by atoms with van der Waals surface area (Å²) in [5.41, 5.74) is 3.54. The summed E-state index contributed by atoms with van der Waals surface area (Å²) in [5.74, 6) is 0.286. The Morgan fingerprint density at radius 3 is 2.96 bits per heavy atom. The van der Waals surface area contributed by atoms with Crippen LogP contribution in [-0.2, 0) is 13.0 Å². The van der Waals surface area contributed by atoms with Gasteiger partial charge in [0.05, 0.1) is 12.0 Å². The second-order valence-corrected chi connectivity index (χ2v) is 6.40. The minimum Gasteiger partial charge on any atom is -0.490 e. The lowest BCUT2D eigenvalue weighted by atomic mass is 10.1. The van der Waals surface area contributed by atoms with E-state index in [-0.39, 0.29) is 17.5 Å². The maximum Gasteiger partial charge on any atom is 0.311 e. The number of benzene rings is 2. The average Bonchev–Trinajstić information content (AvgIpc) is 2.97. The van der Waals surface area contributed by atoms with Crippen LogP contribution in [0.5, 0.6) is 5.75 Å². The number of rotatable bonds is 5. The molecule has 1 unspecified atom stereocenters. The summed E-state index contributed by atoms with van der Waals surface area (Å²) in [5, 5.41) is 14.6. The average molecular weight is 377 g/mol. The second-order valence-electron chi connectivity index (χ2n) is 5.54. The Morgan fingerprint density at radius 2 is 2.22 bits per heavy atom. The Labute approximate surface area is 142 Å². The third-order valence-electron chi connectivity index (χ3n) is 4.21. The zero-order valence-corrected chi connectivity index (χ0v) is 14.3. The van der Waals surface area contributed by atoms with Crippen LogP contribution in [0.1, 0.15) is 29.2 Å². The first-order valence-corrected chi connectivity index (χ1v) is 8.21. The maximum absolute atomic E-state index is 11.1. The summed E-state index contributed by atoms with van der Waals surface area (Å²) in [6.45, 7) is 0.585. The number of ether oxygens (including phenoxy) is 1. The predicted molar refractivity (Wildman–Crippen MR) is 91.7 cm³/mol. The number of halogens is 1. The van der Waals surface area contributed by atoms with Crippen molar-refractivity contribution in [2.75, 3.05) is 7.11 Å². The molecule has 6 heteroatoms. The van der Waals surface area contributed by atoms with Crippen molar-refractivity contribution in [3.05, 3.63) is 67.7 Å². The Hall–Kier alpha value is -1.92. The molecule has 0 aromatic heterocycles. The topological polar surface area (TPSA) is 64.4 Å². The molecule has 0 heterocycles. The number of methoxy groups -OCH3 is 1. The zero-order chi connectivity index (χ0) is 16.4. The molecule has 0 radical (unpaired) electrons. The summed E-state index contributed by atoms with van der Waals surface area (Å²) in [6, 6.07) is 11.6. The van der Waals surface area contributed by atoms with Crippen LogP contribution >= 0.6 is 15.9 Å².